The summed E-state index contributed by atoms with van der Waals surface area (Å²) >= 11 is 0. The van der Waals surface area contributed by atoms with Crippen molar-refractivity contribution in [3.63, 3.8) is 0 Å². The minimum Gasteiger partial charge on any atom is -0.433 e. The molecular formula is C18H18F4N2O2. The molecule has 0 unspecified atom stereocenters. The second-order valence-electron chi connectivity index (χ2n) is 5.70. The van der Waals surface area contributed by atoms with Crippen LogP contribution in [0.4, 0.5) is 23.2 Å². The lowest BCUT2D eigenvalue weighted by Gasteiger charge is -2.24. The number of carbonyl (C=O) groups excluding carboxylic acids is 1. The molecule has 26 heavy (non-hydrogen) atoms. The average molecular weight is 370 g/mol. The maximum atomic E-state index is 13.3. The second-order valence-corrected chi connectivity index (χ2v) is 5.70. The fourth-order valence-corrected chi connectivity index (χ4v) is 2.27. The van der Waals surface area contributed by atoms with Gasteiger partial charge in [0.15, 0.2) is 11.6 Å². The van der Waals surface area contributed by atoms with E-state index in [0.717, 1.165) is 12.1 Å². The summed E-state index contributed by atoms with van der Waals surface area (Å²) in [7, 11) is 1.63. The van der Waals surface area contributed by atoms with Crippen LogP contribution in [0.5, 0.6) is 5.75 Å². The maximum absolute atomic E-state index is 13.3. The van der Waals surface area contributed by atoms with E-state index in [9.17, 15) is 22.4 Å². The summed E-state index contributed by atoms with van der Waals surface area (Å²) in [6.07, 6.45) is 0. The van der Waals surface area contributed by atoms with Crippen LogP contribution in [-0.4, -0.2) is 30.5 Å². The Bertz CT molecular complexity index is 771. The molecule has 1 amide bonds. The van der Waals surface area contributed by atoms with Crippen molar-refractivity contribution in [1.82, 2.24) is 4.90 Å². The summed E-state index contributed by atoms with van der Waals surface area (Å²) in [5.74, 6) is -2.52. The molecule has 1 atom stereocenters. The first kappa shape index (κ1) is 19.7. The highest BCUT2D eigenvalue weighted by Crippen LogP contribution is 2.26. The van der Waals surface area contributed by atoms with Crippen LogP contribution in [0.2, 0.25) is 0 Å². The van der Waals surface area contributed by atoms with Gasteiger partial charge >= 0.3 is 6.61 Å². The molecule has 4 nitrogen and oxygen atoms in total. The minimum absolute atomic E-state index is 0.117. The number of alkyl halides is 2. The van der Waals surface area contributed by atoms with Gasteiger partial charge in [0.25, 0.3) is 0 Å². The lowest BCUT2D eigenvalue weighted by Crippen LogP contribution is -2.39. The van der Waals surface area contributed by atoms with Crippen LogP contribution in [0.15, 0.2) is 42.5 Å². The fraction of sp³-hybridized carbons (Fsp3) is 0.278. The third kappa shape index (κ3) is 5.19. The molecule has 0 bridgehead atoms. The summed E-state index contributed by atoms with van der Waals surface area (Å²) < 4.78 is 55.5. The van der Waals surface area contributed by atoms with Gasteiger partial charge in [-0.2, -0.15) is 8.78 Å². The molecule has 0 aliphatic carbocycles. The number of anilines is 1. The van der Waals surface area contributed by atoms with Gasteiger partial charge in [0.2, 0.25) is 5.91 Å². The van der Waals surface area contributed by atoms with Crippen LogP contribution in [-0.2, 0) is 11.3 Å². The fourth-order valence-electron chi connectivity index (χ4n) is 2.27. The van der Waals surface area contributed by atoms with E-state index in [2.05, 4.69) is 10.1 Å². The molecule has 8 heteroatoms. The first-order valence-corrected chi connectivity index (χ1v) is 7.76. The Hall–Kier alpha value is -2.61. The van der Waals surface area contributed by atoms with Crippen molar-refractivity contribution in [2.45, 2.75) is 26.1 Å². The van der Waals surface area contributed by atoms with Crippen molar-refractivity contribution < 1.29 is 27.1 Å². The molecule has 140 valence electrons. The van der Waals surface area contributed by atoms with E-state index in [4.69, 9.17) is 0 Å². The summed E-state index contributed by atoms with van der Waals surface area (Å²) in [4.78, 5) is 14.0. The Morgan fingerprint density at radius 3 is 2.50 bits per heavy atom. The number of halogens is 4. The van der Waals surface area contributed by atoms with Gasteiger partial charge in [0.1, 0.15) is 5.75 Å². The summed E-state index contributed by atoms with van der Waals surface area (Å²) in [5, 5.41) is 2.53. The number of benzene rings is 2. The Kier molecular flexibility index (Phi) is 6.57. The molecule has 0 aliphatic rings. The van der Waals surface area contributed by atoms with E-state index in [1.54, 1.807) is 24.9 Å². The van der Waals surface area contributed by atoms with Gasteiger partial charge in [-0.15, -0.1) is 0 Å². The van der Waals surface area contributed by atoms with E-state index in [1.807, 2.05) is 0 Å². The number of rotatable bonds is 7. The molecule has 2 aromatic carbocycles. The maximum Gasteiger partial charge on any atom is 0.387 e. The van der Waals surface area contributed by atoms with Crippen LogP contribution >= 0.6 is 0 Å². The SMILES string of the molecule is C[C@@H](C(=O)Nc1ccccc1OC(F)F)N(C)Cc1ccc(F)c(F)c1. The third-order valence-electron chi connectivity index (χ3n) is 3.82. The molecule has 0 radical (unpaired) electrons. The highest BCUT2D eigenvalue weighted by atomic mass is 19.3. The first-order valence-electron chi connectivity index (χ1n) is 7.76. The highest BCUT2D eigenvalue weighted by molar-refractivity contribution is 5.95. The number of likely N-dealkylation sites (N-methyl/N-ethyl adjacent to an activating group) is 1. The lowest BCUT2D eigenvalue weighted by atomic mass is 10.1. The van der Waals surface area contributed by atoms with Crippen LogP contribution in [0.3, 0.4) is 0 Å². The van der Waals surface area contributed by atoms with Crippen molar-refractivity contribution >= 4 is 11.6 Å². The minimum atomic E-state index is -3.01. The summed E-state index contributed by atoms with van der Waals surface area (Å²) in [6, 6.07) is 8.67. The van der Waals surface area contributed by atoms with Crippen LogP contribution < -0.4 is 10.1 Å². The highest BCUT2D eigenvalue weighted by Gasteiger charge is 2.20. The van der Waals surface area contributed by atoms with Crippen LogP contribution in [0.1, 0.15) is 12.5 Å². The zero-order valence-corrected chi connectivity index (χ0v) is 14.2. The van der Waals surface area contributed by atoms with Gasteiger partial charge in [0.05, 0.1) is 11.7 Å². The lowest BCUT2D eigenvalue weighted by molar-refractivity contribution is -0.120. The van der Waals surface area contributed by atoms with Gasteiger partial charge in [-0.3, -0.25) is 9.69 Å². The Balaban J connectivity index is 2.03. The van der Waals surface area contributed by atoms with E-state index in [0.29, 0.717) is 5.56 Å². The smallest absolute Gasteiger partial charge is 0.387 e. The van der Waals surface area contributed by atoms with Crippen molar-refractivity contribution in [3.05, 3.63) is 59.7 Å². The van der Waals surface area contributed by atoms with Gasteiger partial charge in [-0.05, 0) is 43.8 Å². The molecule has 0 saturated heterocycles. The second kappa shape index (κ2) is 8.66. The molecule has 0 heterocycles. The van der Waals surface area contributed by atoms with Gasteiger partial charge in [-0.1, -0.05) is 18.2 Å². The normalized spacial score (nSPS) is 12.3. The Morgan fingerprint density at radius 1 is 1.15 bits per heavy atom. The Morgan fingerprint density at radius 2 is 1.85 bits per heavy atom. The predicted octanol–water partition coefficient (Wildman–Crippen LogP) is 4.03. The number of amides is 1. The van der Waals surface area contributed by atoms with Crippen molar-refractivity contribution in [2.24, 2.45) is 0 Å². The molecule has 0 aromatic heterocycles. The standard InChI is InChI=1S/C18H18F4N2O2/c1-11(24(2)10-12-7-8-13(19)14(20)9-12)17(25)23-15-5-3-4-6-16(15)26-18(21)22/h3-9,11,18H,10H2,1-2H3,(H,23,25)/t11-/m0/s1. The predicted molar refractivity (Wildman–Crippen MR) is 89.0 cm³/mol. The van der Waals surface area contributed by atoms with E-state index >= 15 is 0 Å². The number of hydrogen-bond donors (Lipinski definition) is 1. The van der Waals surface area contributed by atoms with Crippen LogP contribution in [0, 0.1) is 11.6 Å². The van der Waals surface area contributed by atoms with Gasteiger partial charge in [-0.25, -0.2) is 8.78 Å². The largest absolute Gasteiger partial charge is 0.433 e. The van der Waals surface area contributed by atoms with Crippen molar-refractivity contribution in [3.8, 4) is 5.75 Å². The molecule has 2 aromatic rings. The molecule has 0 saturated carbocycles. The average Bonchev–Trinajstić information content (AvgIpc) is 2.58. The number of ether oxygens (including phenoxy) is 1. The number of nitrogens with zero attached hydrogens (tertiary/aromatic N) is 1. The zero-order chi connectivity index (χ0) is 19.3. The number of nitrogens with one attached hydrogen (secondary N) is 1. The molecule has 0 fully saturated rings. The molecule has 0 aliphatic heterocycles. The van der Waals surface area contributed by atoms with Crippen molar-refractivity contribution in [2.75, 3.05) is 12.4 Å². The summed E-state index contributed by atoms with van der Waals surface area (Å²) in [6.45, 7) is -1.21. The van der Waals surface area contributed by atoms with Gasteiger partial charge < -0.3 is 10.1 Å². The quantitative estimate of drug-likeness (QED) is 0.749. The number of hydrogen-bond acceptors (Lipinski definition) is 3. The molecule has 2 rings (SSSR count). The Labute approximate surface area is 148 Å². The van der Waals surface area contributed by atoms with E-state index < -0.39 is 30.2 Å². The number of carbonyl (C=O) groups is 1. The number of para-hydroxylation sites is 2. The third-order valence-corrected chi connectivity index (χ3v) is 3.82. The van der Waals surface area contributed by atoms with Gasteiger partial charge in [0, 0.05) is 6.54 Å². The zero-order valence-electron chi connectivity index (χ0n) is 14.2. The topological polar surface area (TPSA) is 41.6 Å². The van der Waals surface area contributed by atoms with Crippen LogP contribution in [0.25, 0.3) is 0 Å². The first-order chi connectivity index (χ1) is 12.3. The summed E-state index contributed by atoms with van der Waals surface area (Å²) in [5.41, 5.74) is 0.610. The molecular weight excluding hydrogens is 352 g/mol. The van der Waals surface area contributed by atoms with E-state index in [-0.39, 0.29) is 18.0 Å². The molecule has 1 N–H and O–H groups in total. The van der Waals surface area contributed by atoms with E-state index in [1.165, 1.54) is 24.3 Å². The van der Waals surface area contributed by atoms with Crippen molar-refractivity contribution in [1.29, 1.82) is 0 Å². The monoisotopic (exact) mass is 370 g/mol. The molecule has 0 spiro atoms.